The Labute approximate surface area is 106 Å². The Bertz CT molecular complexity index is 584. The minimum atomic E-state index is -1.33. The quantitative estimate of drug-likeness (QED) is 0.869. The van der Waals surface area contributed by atoms with E-state index in [1.165, 1.54) is 42.5 Å². The number of hydrogen-bond acceptors (Lipinski definition) is 2. The van der Waals surface area contributed by atoms with Gasteiger partial charge in [-0.05, 0) is 42.0 Å². The molecule has 0 aromatic heterocycles. The van der Waals surface area contributed by atoms with Gasteiger partial charge >= 0.3 is 0 Å². The minimum absolute atomic E-state index is 0.178. The zero-order chi connectivity index (χ0) is 13.1. The standard InChI is InChI=1S/C13H11F2NOS/c14-10-3-5-12(6-4-10)18(17)8-9-1-2-11(15)7-13(9)16/h1-7H,8,16H2. The van der Waals surface area contributed by atoms with E-state index in [1.807, 2.05) is 0 Å². The zero-order valence-electron chi connectivity index (χ0n) is 9.40. The van der Waals surface area contributed by atoms with Crippen LogP contribution in [-0.4, -0.2) is 4.21 Å². The molecule has 2 nitrogen and oxygen atoms in total. The van der Waals surface area contributed by atoms with E-state index in [4.69, 9.17) is 5.73 Å². The molecule has 0 aliphatic heterocycles. The molecule has 2 rings (SSSR count). The van der Waals surface area contributed by atoms with Gasteiger partial charge in [0.2, 0.25) is 0 Å². The summed E-state index contributed by atoms with van der Waals surface area (Å²) in [5, 5.41) is 0. The minimum Gasteiger partial charge on any atom is -0.398 e. The lowest BCUT2D eigenvalue weighted by Crippen LogP contribution is -2.01. The molecule has 0 radical (unpaired) electrons. The molecule has 0 aliphatic rings. The van der Waals surface area contributed by atoms with Crippen molar-refractivity contribution in [3.8, 4) is 0 Å². The molecule has 2 aromatic rings. The summed E-state index contributed by atoms with van der Waals surface area (Å²) in [6, 6.07) is 9.40. The molecule has 0 saturated carbocycles. The number of halogens is 2. The fraction of sp³-hybridized carbons (Fsp3) is 0.0769. The van der Waals surface area contributed by atoms with Gasteiger partial charge in [-0.25, -0.2) is 8.78 Å². The largest absolute Gasteiger partial charge is 0.398 e. The third-order valence-electron chi connectivity index (χ3n) is 2.47. The molecule has 0 fully saturated rings. The monoisotopic (exact) mass is 267 g/mol. The summed E-state index contributed by atoms with van der Waals surface area (Å²) in [5.74, 6) is -0.626. The number of anilines is 1. The summed E-state index contributed by atoms with van der Waals surface area (Å²) in [6.45, 7) is 0. The summed E-state index contributed by atoms with van der Waals surface area (Å²) in [5.41, 5.74) is 6.52. The normalized spacial score (nSPS) is 12.3. The molecule has 18 heavy (non-hydrogen) atoms. The maximum Gasteiger partial charge on any atom is 0.125 e. The van der Waals surface area contributed by atoms with Gasteiger partial charge in [0.15, 0.2) is 0 Å². The fourth-order valence-electron chi connectivity index (χ4n) is 1.51. The van der Waals surface area contributed by atoms with Gasteiger partial charge in [0.1, 0.15) is 11.6 Å². The molecule has 2 N–H and O–H groups in total. The van der Waals surface area contributed by atoms with E-state index >= 15 is 0 Å². The van der Waals surface area contributed by atoms with Crippen LogP contribution in [-0.2, 0) is 16.6 Å². The van der Waals surface area contributed by atoms with Crippen LogP contribution in [0, 0.1) is 11.6 Å². The maximum absolute atomic E-state index is 12.9. The Kier molecular flexibility index (Phi) is 3.72. The predicted octanol–water partition coefficient (Wildman–Crippen LogP) is 2.85. The van der Waals surface area contributed by atoms with Crippen molar-refractivity contribution in [1.82, 2.24) is 0 Å². The molecule has 1 unspecified atom stereocenters. The fourth-order valence-corrected chi connectivity index (χ4v) is 2.66. The molecule has 0 spiro atoms. The maximum atomic E-state index is 12.9. The molecule has 0 amide bonds. The molecule has 94 valence electrons. The van der Waals surface area contributed by atoms with Gasteiger partial charge in [-0.1, -0.05) is 6.07 Å². The lowest BCUT2D eigenvalue weighted by Gasteiger charge is -2.06. The van der Waals surface area contributed by atoms with Crippen LogP contribution in [0.2, 0.25) is 0 Å². The third-order valence-corrected chi connectivity index (χ3v) is 3.84. The van der Waals surface area contributed by atoms with Crippen molar-refractivity contribution in [3.63, 3.8) is 0 Å². The van der Waals surface area contributed by atoms with Crippen LogP contribution in [0.5, 0.6) is 0 Å². The van der Waals surface area contributed by atoms with Crippen molar-refractivity contribution in [2.75, 3.05) is 5.73 Å². The highest BCUT2D eigenvalue weighted by Crippen LogP contribution is 2.18. The van der Waals surface area contributed by atoms with Gasteiger partial charge in [-0.2, -0.15) is 0 Å². The van der Waals surface area contributed by atoms with Gasteiger partial charge in [0.05, 0.1) is 16.6 Å². The van der Waals surface area contributed by atoms with Crippen LogP contribution in [0.4, 0.5) is 14.5 Å². The van der Waals surface area contributed by atoms with Crippen LogP contribution in [0.15, 0.2) is 47.4 Å². The Morgan fingerprint density at radius 1 is 1.00 bits per heavy atom. The van der Waals surface area contributed by atoms with Crippen LogP contribution in [0.3, 0.4) is 0 Å². The predicted molar refractivity (Wildman–Crippen MR) is 67.3 cm³/mol. The van der Waals surface area contributed by atoms with Crippen molar-refractivity contribution in [3.05, 3.63) is 59.7 Å². The third kappa shape index (κ3) is 2.92. The SMILES string of the molecule is Nc1cc(F)ccc1CS(=O)c1ccc(F)cc1. The average molecular weight is 267 g/mol. The van der Waals surface area contributed by atoms with Gasteiger partial charge in [0, 0.05) is 10.6 Å². The first-order valence-electron chi connectivity index (χ1n) is 5.24. The molecule has 0 heterocycles. The average Bonchev–Trinajstić information content (AvgIpc) is 2.33. The van der Waals surface area contributed by atoms with Crippen molar-refractivity contribution in [1.29, 1.82) is 0 Å². The van der Waals surface area contributed by atoms with E-state index in [0.717, 1.165) is 0 Å². The van der Waals surface area contributed by atoms with Gasteiger partial charge < -0.3 is 5.73 Å². The lowest BCUT2D eigenvalue weighted by atomic mass is 10.2. The second-order valence-corrected chi connectivity index (χ2v) is 5.24. The molecule has 0 aliphatic carbocycles. The van der Waals surface area contributed by atoms with Crippen LogP contribution in [0.1, 0.15) is 5.56 Å². The smallest absolute Gasteiger partial charge is 0.125 e. The number of nitrogen functional groups attached to an aromatic ring is 1. The Balaban J connectivity index is 2.18. The van der Waals surface area contributed by atoms with Gasteiger partial charge in [-0.3, -0.25) is 4.21 Å². The molecule has 2 aromatic carbocycles. The number of rotatable bonds is 3. The second kappa shape index (κ2) is 5.27. The lowest BCUT2D eigenvalue weighted by molar-refractivity contribution is 0.626. The number of nitrogens with two attached hydrogens (primary N) is 1. The summed E-state index contributed by atoms with van der Waals surface area (Å²) in [6.07, 6.45) is 0. The molecule has 1 atom stereocenters. The Hall–Kier alpha value is -1.75. The summed E-state index contributed by atoms with van der Waals surface area (Å²) >= 11 is 0. The van der Waals surface area contributed by atoms with Crippen molar-refractivity contribution >= 4 is 16.5 Å². The van der Waals surface area contributed by atoms with Crippen molar-refractivity contribution in [2.45, 2.75) is 10.6 Å². The number of hydrogen-bond donors (Lipinski definition) is 1. The summed E-state index contributed by atoms with van der Waals surface area (Å²) in [4.78, 5) is 0.514. The molecule has 0 saturated heterocycles. The van der Waals surface area contributed by atoms with Crippen LogP contribution in [0.25, 0.3) is 0 Å². The molecule has 5 heteroatoms. The molecular weight excluding hydrogens is 256 g/mol. The van der Waals surface area contributed by atoms with Crippen molar-refractivity contribution < 1.29 is 13.0 Å². The van der Waals surface area contributed by atoms with E-state index in [-0.39, 0.29) is 17.3 Å². The highest BCUT2D eigenvalue weighted by atomic mass is 32.2. The second-order valence-electron chi connectivity index (χ2n) is 3.79. The number of benzene rings is 2. The highest BCUT2D eigenvalue weighted by Gasteiger charge is 2.08. The van der Waals surface area contributed by atoms with Gasteiger partial charge in [-0.15, -0.1) is 0 Å². The zero-order valence-corrected chi connectivity index (χ0v) is 10.2. The first-order chi connectivity index (χ1) is 8.56. The first kappa shape index (κ1) is 12.7. The first-order valence-corrected chi connectivity index (χ1v) is 6.56. The van der Waals surface area contributed by atoms with Crippen LogP contribution >= 0.6 is 0 Å². The van der Waals surface area contributed by atoms with E-state index < -0.39 is 16.6 Å². The van der Waals surface area contributed by atoms with Crippen LogP contribution < -0.4 is 5.73 Å². The summed E-state index contributed by atoms with van der Waals surface area (Å²) in [7, 11) is -1.33. The highest BCUT2D eigenvalue weighted by molar-refractivity contribution is 7.84. The molecule has 0 bridgehead atoms. The molecular formula is C13H11F2NOS. The van der Waals surface area contributed by atoms with Crippen molar-refractivity contribution in [2.24, 2.45) is 0 Å². The Morgan fingerprint density at radius 2 is 1.61 bits per heavy atom. The van der Waals surface area contributed by atoms with E-state index in [9.17, 15) is 13.0 Å². The van der Waals surface area contributed by atoms with E-state index in [2.05, 4.69) is 0 Å². The van der Waals surface area contributed by atoms with Gasteiger partial charge in [0.25, 0.3) is 0 Å². The van der Waals surface area contributed by atoms with E-state index in [0.29, 0.717) is 10.5 Å². The Morgan fingerprint density at radius 3 is 2.22 bits per heavy atom. The topological polar surface area (TPSA) is 43.1 Å². The summed E-state index contributed by atoms with van der Waals surface area (Å²) < 4.78 is 37.6. The van der Waals surface area contributed by atoms with E-state index in [1.54, 1.807) is 0 Å².